The molecule has 1 heterocycles. The van der Waals surface area contributed by atoms with Gasteiger partial charge >= 0.3 is 5.97 Å². The third-order valence-corrected chi connectivity index (χ3v) is 4.01. The van der Waals surface area contributed by atoms with Crippen LogP contribution in [0.2, 0.25) is 0 Å². The monoisotopic (exact) mass is 319 g/mol. The van der Waals surface area contributed by atoms with Gasteiger partial charge in [-0.3, -0.25) is 9.59 Å². The highest BCUT2D eigenvalue weighted by atomic mass is 16.5. The Bertz CT molecular complexity index is 507. The fourth-order valence-corrected chi connectivity index (χ4v) is 2.64. The molecule has 23 heavy (non-hydrogen) atoms. The van der Waals surface area contributed by atoms with Gasteiger partial charge in [-0.2, -0.15) is 0 Å². The minimum atomic E-state index is -0.213. The zero-order chi connectivity index (χ0) is 16.5. The number of hydrazine groups is 1. The number of hydrogen-bond donors (Lipinski definition) is 3. The molecule has 0 saturated carbocycles. The van der Waals surface area contributed by atoms with E-state index in [0.29, 0.717) is 13.0 Å². The zero-order valence-corrected chi connectivity index (χ0v) is 13.5. The molecule has 2 atom stereocenters. The summed E-state index contributed by atoms with van der Waals surface area (Å²) in [5.74, 6) is -0.161. The lowest BCUT2D eigenvalue weighted by atomic mass is 10.0. The van der Waals surface area contributed by atoms with Crippen molar-refractivity contribution in [2.75, 3.05) is 13.7 Å². The minimum absolute atomic E-state index is 0.0175. The average molecular weight is 319 g/mol. The second-order valence-electron chi connectivity index (χ2n) is 5.72. The van der Waals surface area contributed by atoms with Crippen LogP contribution in [0.25, 0.3) is 0 Å². The standard InChI is InChI=1S/C17H25N3O3/c1-23-16(21)10-6-3-7-11-18-17(22)15-12-14(19-20-15)13-8-4-2-5-9-13/h2,4-5,8-9,14-15,19-20H,3,6-7,10-12H2,1H3,(H,18,22). The van der Waals surface area contributed by atoms with E-state index >= 15 is 0 Å². The SMILES string of the molecule is COC(=O)CCCCCNC(=O)C1CC(c2ccccc2)NN1. The number of carbonyl (C=O) groups is 2. The molecule has 1 amide bonds. The summed E-state index contributed by atoms with van der Waals surface area (Å²) in [7, 11) is 1.40. The fraction of sp³-hybridized carbons (Fsp3) is 0.529. The molecule has 1 aliphatic rings. The highest BCUT2D eigenvalue weighted by Crippen LogP contribution is 2.21. The molecule has 1 aliphatic heterocycles. The van der Waals surface area contributed by atoms with Crippen LogP contribution in [0.15, 0.2) is 30.3 Å². The highest BCUT2D eigenvalue weighted by Gasteiger charge is 2.29. The van der Waals surface area contributed by atoms with Gasteiger partial charge in [0.1, 0.15) is 6.04 Å². The van der Waals surface area contributed by atoms with Crippen molar-refractivity contribution in [1.82, 2.24) is 16.2 Å². The zero-order valence-electron chi connectivity index (χ0n) is 13.5. The maximum atomic E-state index is 12.1. The van der Waals surface area contributed by atoms with E-state index in [1.54, 1.807) is 0 Å². The van der Waals surface area contributed by atoms with E-state index < -0.39 is 0 Å². The van der Waals surface area contributed by atoms with E-state index in [0.717, 1.165) is 25.7 Å². The number of methoxy groups -OCH3 is 1. The van der Waals surface area contributed by atoms with E-state index in [4.69, 9.17) is 0 Å². The van der Waals surface area contributed by atoms with Crippen molar-refractivity contribution in [3.05, 3.63) is 35.9 Å². The number of carbonyl (C=O) groups excluding carboxylic acids is 2. The first-order chi connectivity index (χ1) is 11.2. The molecule has 2 unspecified atom stereocenters. The maximum Gasteiger partial charge on any atom is 0.305 e. The van der Waals surface area contributed by atoms with Crippen molar-refractivity contribution < 1.29 is 14.3 Å². The molecule has 6 nitrogen and oxygen atoms in total. The Morgan fingerprint density at radius 2 is 1.96 bits per heavy atom. The number of esters is 1. The quantitative estimate of drug-likeness (QED) is 0.499. The van der Waals surface area contributed by atoms with Crippen molar-refractivity contribution in [1.29, 1.82) is 0 Å². The number of ether oxygens (including phenoxy) is 1. The van der Waals surface area contributed by atoms with Gasteiger partial charge in [0.2, 0.25) is 5.91 Å². The number of rotatable bonds is 8. The molecule has 126 valence electrons. The Hall–Kier alpha value is -1.92. The molecule has 2 rings (SSSR count). The van der Waals surface area contributed by atoms with Crippen molar-refractivity contribution in [2.24, 2.45) is 0 Å². The van der Waals surface area contributed by atoms with Crippen LogP contribution < -0.4 is 16.2 Å². The van der Waals surface area contributed by atoms with Crippen LogP contribution in [-0.4, -0.2) is 31.6 Å². The molecule has 1 aromatic carbocycles. The third kappa shape index (κ3) is 5.65. The summed E-state index contributed by atoms with van der Waals surface area (Å²) >= 11 is 0. The predicted molar refractivity (Wildman–Crippen MR) is 87.4 cm³/mol. The number of amides is 1. The van der Waals surface area contributed by atoms with Gasteiger partial charge in [0.05, 0.1) is 7.11 Å². The van der Waals surface area contributed by atoms with Gasteiger partial charge in [-0.15, -0.1) is 0 Å². The van der Waals surface area contributed by atoms with E-state index in [2.05, 4.69) is 33.0 Å². The van der Waals surface area contributed by atoms with Crippen molar-refractivity contribution >= 4 is 11.9 Å². The number of hydrogen-bond acceptors (Lipinski definition) is 5. The predicted octanol–water partition coefficient (Wildman–Crippen LogP) is 1.44. The first-order valence-corrected chi connectivity index (χ1v) is 8.11. The Morgan fingerprint density at radius 3 is 2.70 bits per heavy atom. The lowest BCUT2D eigenvalue weighted by Gasteiger charge is -2.10. The van der Waals surface area contributed by atoms with E-state index in [1.165, 1.54) is 12.7 Å². The average Bonchev–Trinajstić information content (AvgIpc) is 3.08. The molecule has 0 aliphatic carbocycles. The molecule has 1 fully saturated rings. The third-order valence-electron chi connectivity index (χ3n) is 4.01. The smallest absolute Gasteiger partial charge is 0.305 e. The van der Waals surface area contributed by atoms with Crippen LogP contribution in [0.5, 0.6) is 0 Å². The van der Waals surface area contributed by atoms with Crippen LogP contribution in [0.3, 0.4) is 0 Å². The molecule has 1 aromatic rings. The van der Waals surface area contributed by atoms with Gasteiger partial charge in [-0.1, -0.05) is 36.8 Å². The van der Waals surface area contributed by atoms with Gasteiger partial charge in [-0.25, -0.2) is 10.9 Å². The summed E-state index contributed by atoms with van der Waals surface area (Å²) < 4.78 is 4.59. The molecule has 0 bridgehead atoms. The van der Waals surface area contributed by atoms with Gasteiger partial charge in [0.25, 0.3) is 0 Å². The van der Waals surface area contributed by atoms with Gasteiger partial charge < -0.3 is 10.1 Å². The minimum Gasteiger partial charge on any atom is -0.469 e. The molecule has 0 radical (unpaired) electrons. The summed E-state index contributed by atoms with van der Waals surface area (Å²) in [4.78, 5) is 23.1. The van der Waals surface area contributed by atoms with Gasteiger partial charge in [0, 0.05) is 19.0 Å². The van der Waals surface area contributed by atoms with Crippen LogP contribution in [0.4, 0.5) is 0 Å². The van der Waals surface area contributed by atoms with Crippen molar-refractivity contribution in [2.45, 2.75) is 44.2 Å². The topological polar surface area (TPSA) is 79.5 Å². The van der Waals surface area contributed by atoms with Gasteiger partial charge in [0.15, 0.2) is 0 Å². The second-order valence-corrected chi connectivity index (χ2v) is 5.72. The summed E-state index contributed by atoms with van der Waals surface area (Å²) in [6.07, 6.45) is 3.74. The summed E-state index contributed by atoms with van der Waals surface area (Å²) in [5.41, 5.74) is 7.41. The Kier molecular flexibility index (Phi) is 7.03. The molecule has 1 saturated heterocycles. The largest absolute Gasteiger partial charge is 0.469 e. The lowest BCUT2D eigenvalue weighted by molar-refractivity contribution is -0.140. The fourth-order valence-electron chi connectivity index (χ4n) is 2.64. The summed E-state index contributed by atoms with van der Waals surface area (Å²) in [6, 6.07) is 10.0. The summed E-state index contributed by atoms with van der Waals surface area (Å²) in [6.45, 7) is 0.633. The molecular weight excluding hydrogens is 294 g/mol. The molecule has 6 heteroatoms. The highest BCUT2D eigenvalue weighted by molar-refractivity contribution is 5.82. The number of unbranched alkanes of at least 4 members (excludes halogenated alkanes) is 2. The lowest BCUT2D eigenvalue weighted by Crippen LogP contribution is -2.43. The van der Waals surface area contributed by atoms with E-state index in [-0.39, 0.29) is 24.0 Å². The molecular formula is C17H25N3O3. The number of benzene rings is 1. The second kappa shape index (κ2) is 9.27. The molecule has 3 N–H and O–H groups in total. The molecule has 0 spiro atoms. The van der Waals surface area contributed by atoms with Crippen LogP contribution in [0, 0.1) is 0 Å². The first kappa shape index (κ1) is 17.4. The normalized spacial score (nSPS) is 20.2. The van der Waals surface area contributed by atoms with E-state index in [9.17, 15) is 9.59 Å². The van der Waals surface area contributed by atoms with Crippen LogP contribution in [0.1, 0.15) is 43.7 Å². The first-order valence-electron chi connectivity index (χ1n) is 8.11. The van der Waals surface area contributed by atoms with Crippen LogP contribution >= 0.6 is 0 Å². The Balaban J connectivity index is 1.61. The van der Waals surface area contributed by atoms with E-state index in [1.807, 2.05) is 18.2 Å². The van der Waals surface area contributed by atoms with Crippen molar-refractivity contribution in [3.63, 3.8) is 0 Å². The Labute approximate surface area is 136 Å². The van der Waals surface area contributed by atoms with Crippen LogP contribution in [-0.2, 0) is 14.3 Å². The maximum absolute atomic E-state index is 12.1. The number of nitrogens with one attached hydrogen (secondary N) is 3. The van der Waals surface area contributed by atoms with Crippen molar-refractivity contribution in [3.8, 4) is 0 Å². The Morgan fingerprint density at radius 1 is 1.17 bits per heavy atom. The van der Waals surface area contributed by atoms with Gasteiger partial charge in [-0.05, 0) is 24.8 Å². The molecule has 0 aromatic heterocycles. The summed E-state index contributed by atoms with van der Waals surface area (Å²) in [5, 5.41) is 2.94.